The average Bonchev–Trinajstić information content (AvgIpc) is 2.97. The van der Waals surface area contributed by atoms with E-state index in [9.17, 15) is 0 Å². The van der Waals surface area contributed by atoms with Crippen LogP contribution in [0.2, 0.25) is 0 Å². The third kappa shape index (κ3) is 1.60. The summed E-state index contributed by atoms with van der Waals surface area (Å²) in [6.07, 6.45) is 5.57. The van der Waals surface area contributed by atoms with Crippen LogP contribution >= 0.6 is 0 Å². The highest BCUT2D eigenvalue weighted by molar-refractivity contribution is 5.31. The first-order valence-electron chi connectivity index (χ1n) is 5.91. The average molecular weight is 223 g/mol. The molecule has 2 fully saturated rings. The van der Waals surface area contributed by atoms with E-state index in [1.165, 1.54) is 12.8 Å². The molecule has 1 aliphatic carbocycles. The van der Waals surface area contributed by atoms with Gasteiger partial charge in [0.2, 0.25) is 0 Å². The summed E-state index contributed by atoms with van der Waals surface area (Å²) in [7, 11) is 0. The van der Waals surface area contributed by atoms with Crippen molar-refractivity contribution < 1.29 is 9.15 Å². The normalized spacial score (nSPS) is 29.4. The zero-order valence-electron chi connectivity index (χ0n) is 9.26. The molecule has 0 aromatic carbocycles. The van der Waals surface area contributed by atoms with Crippen LogP contribution in [0.15, 0.2) is 10.7 Å². The molecular weight excluding hydrogens is 206 g/mol. The molecule has 16 heavy (non-hydrogen) atoms. The molecule has 2 heterocycles. The van der Waals surface area contributed by atoms with Crippen LogP contribution in [0.3, 0.4) is 0 Å². The van der Waals surface area contributed by atoms with Gasteiger partial charge < -0.3 is 19.8 Å². The summed E-state index contributed by atoms with van der Waals surface area (Å²) in [5.41, 5.74) is 6.35. The molecule has 2 atom stereocenters. The lowest BCUT2D eigenvalue weighted by Crippen LogP contribution is -2.48. The summed E-state index contributed by atoms with van der Waals surface area (Å²) in [6.45, 7) is 2.06. The van der Waals surface area contributed by atoms with E-state index in [4.69, 9.17) is 14.9 Å². The fraction of sp³-hybridized carbons (Fsp3) is 0.727. The van der Waals surface area contributed by atoms with Gasteiger partial charge in [-0.25, -0.2) is 0 Å². The number of oxazole rings is 1. The first-order valence-corrected chi connectivity index (χ1v) is 5.91. The van der Waals surface area contributed by atoms with E-state index in [0.717, 1.165) is 25.3 Å². The monoisotopic (exact) mass is 223 g/mol. The summed E-state index contributed by atoms with van der Waals surface area (Å²) in [6, 6.07) is 1.15. The number of fused-ring (bicyclic) bond motifs is 1. The van der Waals surface area contributed by atoms with Crippen molar-refractivity contribution in [3.8, 4) is 0 Å². The number of anilines is 1. The Morgan fingerprint density at radius 3 is 3.25 bits per heavy atom. The molecule has 0 amide bonds. The molecule has 5 nitrogen and oxygen atoms in total. The Hall–Kier alpha value is -1.07. The summed E-state index contributed by atoms with van der Waals surface area (Å²) in [5, 5.41) is 0. The largest absolute Gasteiger partial charge is 0.432 e. The molecule has 1 aliphatic heterocycles. The van der Waals surface area contributed by atoms with E-state index in [-0.39, 0.29) is 0 Å². The molecule has 5 heteroatoms. The minimum absolute atomic E-state index is 0.363. The predicted molar refractivity (Wildman–Crippen MR) is 59.1 cm³/mol. The van der Waals surface area contributed by atoms with Crippen LogP contribution in [0.1, 0.15) is 25.0 Å². The lowest BCUT2D eigenvalue weighted by atomic mass is 10.1. The number of nitrogens with zero attached hydrogens (tertiary/aromatic N) is 2. The molecule has 0 spiro atoms. The van der Waals surface area contributed by atoms with Crippen LogP contribution in [0.5, 0.6) is 0 Å². The van der Waals surface area contributed by atoms with Gasteiger partial charge >= 0.3 is 0 Å². The molecule has 1 saturated heterocycles. The highest BCUT2D eigenvalue weighted by Crippen LogP contribution is 2.32. The maximum Gasteiger partial charge on any atom is 0.297 e. The Kier molecular flexibility index (Phi) is 2.57. The Labute approximate surface area is 94.6 Å². The molecule has 1 saturated carbocycles. The minimum atomic E-state index is 0.363. The Balaban J connectivity index is 1.82. The van der Waals surface area contributed by atoms with Crippen molar-refractivity contribution in [1.82, 2.24) is 4.98 Å². The van der Waals surface area contributed by atoms with Crippen molar-refractivity contribution in [3.63, 3.8) is 0 Å². The second-order valence-corrected chi connectivity index (χ2v) is 4.43. The SMILES string of the molecule is NCc1coc(N2CCOC3CCCC32)n1. The number of nitrogens with two attached hydrogens (primary N) is 1. The fourth-order valence-corrected chi connectivity index (χ4v) is 2.69. The first-order chi connectivity index (χ1) is 7.88. The highest BCUT2D eigenvalue weighted by Gasteiger charge is 2.37. The molecule has 0 radical (unpaired) electrons. The molecule has 2 unspecified atom stereocenters. The number of aromatic nitrogens is 1. The number of ether oxygens (including phenoxy) is 1. The summed E-state index contributed by atoms with van der Waals surface area (Å²) < 4.78 is 11.2. The zero-order valence-corrected chi connectivity index (χ0v) is 9.26. The second kappa shape index (κ2) is 4.07. The smallest absolute Gasteiger partial charge is 0.297 e. The van der Waals surface area contributed by atoms with Gasteiger partial charge in [-0.05, 0) is 19.3 Å². The number of hydrogen-bond donors (Lipinski definition) is 1. The topological polar surface area (TPSA) is 64.5 Å². The van der Waals surface area contributed by atoms with E-state index in [0.29, 0.717) is 24.7 Å². The van der Waals surface area contributed by atoms with Gasteiger partial charge in [0.25, 0.3) is 6.01 Å². The third-order valence-corrected chi connectivity index (χ3v) is 3.48. The first kappa shape index (κ1) is 10.1. The third-order valence-electron chi connectivity index (χ3n) is 3.48. The quantitative estimate of drug-likeness (QED) is 0.806. The fourth-order valence-electron chi connectivity index (χ4n) is 2.69. The minimum Gasteiger partial charge on any atom is -0.432 e. The van der Waals surface area contributed by atoms with Crippen molar-refractivity contribution in [2.45, 2.75) is 38.0 Å². The van der Waals surface area contributed by atoms with E-state index < -0.39 is 0 Å². The van der Waals surface area contributed by atoms with Gasteiger partial charge in [0.05, 0.1) is 24.4 Å². The number of morpholine rings is 1. The van der Waals surface area contributed by atoms with Gasteiger partial charge in [-0.15, -0.1) is 0 Å². The van der Waals surface area contributed by atoms with E-state index >= 15 is 0 Å². The maximum atomic E-state index is 5.75. The Morgan fingerprint density at radius 2 is 2.44 bits per heavy atom. The van der Waals surface area contributed by atoms with Crippen LogP contribution in [-0.2, 0) is 11.3 Å². The van der Waals surface area contributed by atoms with Crippen molar-refractivity contribution >= 4 is 6.01 Å². The van der Waals surface area contributed by atoms with Crippen molar-refractivity contribution in [2.24, 2.45) is 5.73 Å². The summed E-state index contributed by atoms with van der Waals surface area (Å²) in [5.74, 6) is 0. The van der Waals surface area contributed by atoms with Crippen LogP contribution in [0, 0.1) is 0 Å². The standard InChI is InChI=1S/C11H17N3O2/c12-6-8-7-16-11(13-8)14-4-5-15-10-3-1-2-9(10)14/h7,9-10H,1-6,12H2. The Bertz CT molecular complexity index is 366. The van der Waals surface area contributed by atoms with Crippen LogP contribution in [-0.4, -0.2) is 30.3 Å². The van der Waals surface area contributed by atoms with Gasteiger partial charge in [-0.1, -0.05) is 0 Å². The lowest BCUT2D eigenvalue weighted by molar-refractivity contribution is 0.0236. The zero-order chi connectivity index (χ0) is 11.0. The Morgan fingerprint density at radius 1 is 1.50 bits per heavy atom. The van der Waals surface area contributed by atoms with Crippen molar-refractivity contribution in [2.75, 3.05) is 18.1 Å². The van der Waals surface area contributed by atoms with Crippen LogP contribution < -0.4 is 10.6 Å². The second-order valence-electron chi connectivity index (χ2n) is 4.43. The molecule has 0 bridgehead atoms. The van der Waals surface area contributed by atoms with Crippen LogP contribution in [0.25, 0.3) is 0 Å². The predicted octanol–water partition coefficient (Wildman–Crippen LogP) is 0.891. The number of hydrogen-bond acceptors (Lipinski definition) is 5. The highest BCUT2D eigenvalue weighted by atomic mass is 16.5. The maximum absolute atomic E-state index is 5.75. The molecule has 88 valence electrons. The van der Waals surface area contributed by atoms with Crippen molar-refractivity contribution in [1.29, 1.82) is 0 Å². The van der Waals surface area contributed by atoms with E-state index in [1.807, 2.05) is 0 Å². The molecule has 1 aromatic rings. The lowest BCUT2D eigenvalue weighted by Gasteiger charge is -2.36. The molecule has 2 N–H and O–H groups in total. The molecule has 3 rings (SSSR count). The van der Waals surface area contributed by atoms with Gasteiger partial charge in [0, 0.05) is 13.1 Å². The molecule has 2 aliphatic rings. The molecular formula is C11H17N3O2. The number of rotatable bonds is 2. The van der Waals surface area contributed by atoms with Gasteiger partial charge in [-0.3, -0.25) is 0 Å². The van der Waals surface area contributed by atoms with Crippen molar-refractivity contribution in [3.05, 3.63) is 12.0 Å². The van der Waals surface area contributed by atoms with E-state index in [2.05, 4.69) is 9.88 Å². The summed E-state index contributed by atoms with van der Waals surface area (Å²) in [4.78, 5) is 6.63. The van der Waals surface area contributed by atoms with Gasteiger partial charge in [-0.2, -0.15) is 4.98 Å². The van der Waals surface area contributed by atoms with Gasteiger partial charge in [0.15, 0.2) is 0 Å². The van der Waals surface area contributed by atoms with Gasteiger partial charge in [0.1, 0.15) is 6.26 Å². The van der Waals surface area contributed by atoms with E-state index in [1.54, 1.807) is 6.26 Å². The molecule has 1 aromatic heterocycles. The summed E-state index contributed by atoms with van der Waals surface area (Å²) >= 11 is 0. The van der Waals surface area contributed by atoms with Crippen LogP contribution in [0.4, 0.5) is 6.01 Å².